The van der Waals surface area contributed by atoms with Crippen LogP contribution in [0.25, 0.3) is 10.9 Å². The lowest BCUT2D eigenvalue weighted by molar-refractivity contribution is 0.102. The highest BCUT2D eigenvalue weighted by Gasteiger charge is 2.09. The van der Waals surface area contributed by atoms with Crippen molar-refractivity contribution in [3.8, 4) is 0 Å². The van der Waals surface area contributed by atoms with Gasteiger partial charge in [0.05, 0.1) is 11.2 Å². The van der Waals surface area contributed by atoms with Gasteiger partial charge in [-0.3, -0.25) is 9.78 Å². The Bertz CT molecular complexity index is 785. The van der Waals surface area contributed by atoms with Crippen LogP contribution in [0.1, 0.15) is 10.4 Å². The Balaban J connectivity index is 1.91. The molecule has 0 aliphatic rings. The first-order valence-corrected chi connectivity index (χ1v) is 6.11. The second kappa shape index (κ2) is 4.97. The summed E-state index contributed by atoms with van der Waals surface area (Å²) < 4.78 is 0. The standard InChI is InChI=1S/C15H12N4O/c16-12-4-2-8-18-14(12)19-15(20)11-5-6-13-10(9-11)3-1-7-17-13/h1-9H,16H2,(H,18,19,20). The maximum atomic E-state index is 12.2. The zero-order chi connectivity index (χ0) is 13.9. The molecule has 0 radical (unpaired) electrons. The molecule has 2 aromatic heterocycles. The molecule has 0 saturated carbocycles. The molecule has 1 aromatic carbocycles. The fourth-order valence-electron chi connectivity index (χ4n) is 1.92. The molecule has 0 atom stereocenters. The summed E-state index contributed by atoms with van der Waals surface area (Å²) in [4.78, 5) is 20.4. The van der Waals surface area contributed by atoms with Crippen LogP contribution in [-0.2, 0) is 0 Å². The van der Waals surface area contributed by atoms with Gasteiger partial charge >= 0.3 is 0 Å². The van der Waals surface area contributed by atoms with Crippen LogP contribution in [0.5, 0.6) is 0 Å². The molecule has 20 heavy (non-hydrogen) atoms. The lowest BCUT2D eigenvalue weighted by Crippen LogP contribution is -2.14. The van der Waals surface area contributed by atoms with Gasteiger partial charge in [-0.05, 0) is 36.4 Å². The number of anilines is 2. The SMILES string of the molecule is Nc1cccnc1NC(=O)c1ccc2ncccc2c1. The minimum absolute atomic E-state index is 0.249. The number of pyridine rings is 2. The summed E-state index contributed by atoms with van der Waals surface area (Å²) in [6, 6.07) is 12.5. The highest BCUT2D eigenvalue weighted by Crippen LogP contribution is 2.17. The number of benzene rings is 1. The molecule has 0 spiro atoms. The van der Waals surface area contributed by atoms with Gasteiger partial charge in [-0.1, -0.05) is 6.07 Å². The van der Waals surface area contributed by atoms with E-state index in [1.807, 2.05) is 18.2 Å². The maximum absolute atomic E-state index is 12.2. The normalized spacial score (nSPS) is 10.4. The van der Waals surface area contributed by atoms with Gasteiger partial charge in [-0.25, -0.2) is 4.98 Å². The quantitative estimate of drug-likeness (QED) is 0.745. The monoisotopic (exact) mass is 264 g/mol. The first-order valence-electron chi connectivity index (χ1n) is 6.11. The number of nitrogens with zero attached hydrogens (tertiary/aromatic N) is 2. The lowest BCUT2D eigenvalue weighted by Gasteiger charge is -2.07. The van der Waals surface area contributed by atoms with Crippen LogP contribution in [0.2, 0.25) is 0 Å². The topological polar surface area (TPSA) is 80.9 Å². The number of nitrogens with one attached hydrogen (secondary N) is 1. The van der Waals surface area contributed by atoms with E-state index >= 15 is 0 Å². The van der Waals surface area contributed by atoms with Crippen LogP contribution in [0.3, 0.4) is 0 Å². The number of amides is 1. The molecule has 0 saturated heterocycles. The van der Waals surface area contributed by atoms with Gasteiger partial charge in [0.25, 0.3) is 5.91 Å². The van der Waals surface area contributed by atoms with Gasteiger partial charge in [0.2, 0.25) is 0 Å². The zero-order valence-electron chi connectivity index (χ0n) is 10.6. The summed E-state index contributed by atoms with van der Waals surface area (Å²) in [7, 11) is 0. The zero-order valence-corrected chi connectivity index (χ0v) is 10.6. The van der Waals surface area contributed by atoms with Crippen molar-refractivity contribution in [2.75, 3.05) is 11.1 Å². The van der Waals surface area contributed by atoms with Crippen molar-refractivity contribution in [2.45, 2.75) is 0 Å². The van der Waals surface area contributed by atoms with Crippen LogP contribution in [-0.4, -0.2) is 15.9 Å². The average molecular weight is 264 g/mol. The number of rotatable bonds is 2. The van der Waals surface area contributed by atoms with Gasteiger partial charge in [-0.15, -0.1) is 0 Å². The second-order valence-electron chi connectivity index (χ2n) is 4.31. The number of aromatic nitrogens is 2. The van der Waals surface area contributed by atoms with Crippen LogP contribution < -0.4 is 11.1 Å². The van der Waals surface area contributed by atoms with Crippen LogP contribution in [0, 0.1) is 0 Å². The second-order valence-corrected chi connectivity index (χ2v) is 4.31. The fraction of sp³-hybridized carbons (Fsp3) is 0. The van der Waals surface area contributed by atoms with E-state index in [0.717, 1.165) is 10.9 Å². The summed E-state index contributed by atoms with van der Waals surface area (Å²) in [5.41, 5.74) is 7.57. The summed E-state index contributed by atoms with van der Waals surface area (Å²) in [5, 5.41) is 3.61. The third-order valence-corrected chi connectivity index (χ3v) is 2.94. The number of fused-ring (bicyclic) bond motifs is 1. The minimum atomic E-state index is -0.249. The Morgan fingerprint density at radius 2 is 1.85 bits per heavy atom. The molecule has 5 heteroatoms. The number of nitrogen functional groups attached to an aromatic ring is 1. The molecule has 0 unspecified atom stereocenters. The molecule has 0 aliphatic carbocycles. The Kier molecular flexibility index (Phi) is 3.01. The van der Waals surface area contributed by atoms with E-state index in [-0.39, 0.29) is 5.91 Å². The van der Waals surface area contributed by atoms with Crippen LogP contribution in [0.15, 0.2) is 54.9 Å². The van der Waals surface area contributed by atoms with Gasteiger partial charge in [-0.2, -0.15) is 0 Å². The minimum Gasteiger partial charge on any atom is -0.396 e. The summed E-state index contributed by atoms with van der Waals surface area (Å²) in [6.07, 6.45) is 3.30. The van der Waals surface area contributed by atoms with Crippen molar-refractivity contribution in [3.05, 3.63) is 60.4 Å². The van der Waals surface area contributed by atoms with Gasteiger partial charge in [0.15, 0.2) is 5.82 Å². The molecule has 0 fully saturated rings. The molecule has 3 rings (SSSR count). The molecule has 0 aliphatic heterocycles. The molecule has 3 aromatic rings. The Labute approximate surface area is 115 Å². The van der Waals surface area contributed by atoms with E-state index in [1.165, 1.54) is 0 Å². The Hall–Kier alpha value is -2.95. The molecule has 5 nitrogen and oxygen atoms in total. The van der Waals surface area contributed by atoms with Crippen LogP contribution in [0.4, 0.5) is 11.5 Å². The third-order valence-electron chi connectivity index (χ3n) is 2.94. The maximum Gasteiger partial charge on any atom is 0.256 e. The van der Waals surface area contributed by atoms with E-state index in [4.69, 9.17) is 5.73 Å². The highest BCUT2D eigenvalue weighted by atomic mass is 16.1. The van der Waals surface area contributed by atoms with Crippen LogP contribution >= 0.6 is 0 Å². The van der Waals surface area contributed by atoms with Gasteiger partial charge < -0.3 is 11.1 Å². The van der Waals surface area contributed by atoms with Crippen molar-refractivity contribution in [1.82, 2.24) is 9.97 Å². The number of carbonyl (C=O) groups excluding carboxylic acids is 1. The van der Waals surface area contributed by atoms with E-state index < -0.39 is 0 Å². The highest BCUT2D eigenvalue weighted by molar-refractivity contribution is 6.06. The van der Waals surface area contributed by atoms with Crippen molar-refractivity contribution in [3.63, 3.8) is 0 Å². The van der Waals surface area contributed by atoms with Crippen molar-refractivity contribution in [2.24, 2.45) is 0 Å². The van der Waals surface area contributed by atoms with Gasteiger partial charge in [0, 0.05) is 23.3 Å². The number of nitrogens with two attached hydrogens (primary N) is 1. The van der Waals surface area contributed by atoms with Crippen molar-refractivity contribution in [1.29, 1.82) is 0 Å². The summed E-state index contributed by atoms with van der Waals surface area (Å²) in [5.74, 6) is 0.116. The molecular weight excluding hydrogens is 252 g/mol. The molecule has 0 bridgehead atoms. The summed E-state index contributed by atoms with van der Waals surface area (Å²) in [6.45, 7) is 0. The predicted octanol–water partition coefficient (Wildman–Crippen LogP) is 2.46. The first kappa shape index (κ1) is 12.1. The van der Waals surface area contributed by atoms with E-state index in [9.17, 15) is 4.79 Å². The third kappa shape index (κ3) is 2.29. The fourth-order valence-corrected chi connectivity index (χ4v) is 1.92. The van der Waals surface area contributed by atoms with Gasteiger partial charge in [0.1, 0.15) is 0 Å². The Morgan fingerprint density at radius 1 is 1.05 bits per heavy atom. The van der Waals surface area contributed by atoms with E-state index in [0.29, 0.717) is 17.1 Å². The van der Waals surface area contributed by atoms with E-state index in [1.54, 1.807) is 36.7 Å². The molecule has 98 valence electrons. The number of hydrogen-bond acceptors (Lipinski definition) is 4. The number of hydrogen-bond donors (Lipinski definition) is 2. The average Bonchev–Trinajstić information content (AvgIpc) is 2.49. The molecule has 2 heterocycles. The van der Waals surface area contributed by atoms with Crippen molar-refractivity contribution < 1.29 is 4.79 Å². The largest absolute Gasteiger partial charge is 0.396 e. The first-order chi connectivity index (χ1) is 9.74. The van der Waals surface area contributed by atoms with E-state index in [2.05, 4.69) is 15.3 Å². The number of carbonyl (C=O) groups is 1. The molecular formula is C15H12N4O. The predicted molar refractivity (Wildman–Crippen MR) is 78.3 cm³/mol. The molecule has 1 amide bonds. The summed E-state index contributed by atoms with van der Waals surface area (Å²) >= 11 is 0. The lowest BCUT2D eigenvalue weighted by atomic mass is 10.1. The Morgan fingerprint density at radius 3 is 2.70 bits per heavy atom. The molecule has 3 N–H and O–H groups in total. The smallest absolute Gasteiger partial charge is 0.256 e. The van der Waals surface area contributed by atoms with Crippen molar-refractivity contribution >= 4 is 28.3 Å².